The zero-order valence-corrected chi connectivity index (χ0v) is 11.5. The maximum Gasteiger partial charge on any atom is 0.133 e. The summed E-state index contributed by atoms with van der Waals surface area (Å²) in [4.78, 5) is 6.55. The van der Waals surface area contributed by atoms with Crippen molar-refractivity contribution in [2.24, 2.45) is 0 Å². The van der Waals surface area contributed by atoms with Crippen molar-refractivity contribution in [3.8, 4) is 11.8 Å². The highest BCUT2D eigenvalue weighted by molar-refractivity contribution is 5.83. The molecule has 0 saturated heterocycles. The maximum atomic E-state index is 8.92. The molecule has 0 bridgehead atoms. The Morgan fingerprint density at radius 1 is 1.32 bits per heavy atom. The first kappa shape index (κ1) is 13.2. The van der Waals surface area contributed by atoms with E-state index in [1.54, 1.807) is 0 Å². The highest BCUT2D eigenvalue weighted by atomic mass is 16.5. The third-order valence-electron chi connectivity index (χ3n) is 2.85. The van der Waals surface area contributed by atoms with Crippen LogP contribution in [0.4, 0.5) is 5.82 Å². The van der Waals surface area contributed by atoms with E-state index >= 15 is 0 Å². The van der Waals surface area contributed by atoms with E-state index in [0.717, 1.165) is 28.0 Å². The van der Waals surface area contributed by atoms with Crippen molar-refractivity contribution in [1.82, 2.24) is 4.98 Å². The summed E-state index contributed by atoms with van der Waals surface area (Å²) in [6.45, 7) is 2.60. The highest BCUT2D eigenvalue weighted by Crippen LogP contribution is 2.26. The van der Waals surface area contributed by atoms with Crippen LogP contribution in [-0.2, 0) is 6.42 Å². The number of ether oxygens (including phenoxy) is 1. The standard InChI is InChI=1S/C15H17N3O/c1-4-19-13-5-6-14-12(10-13)9-11(7-8-16)15(17-14)18(2)3/h5-6,9-10H,4,7H2,1-3H3. The molecule has 0 amide bonds. The Kier molecular flexibility index (Phi) is 3.86. The second kappa shape index (κ2) is 5.57. The molecule has 1 heterocycles. The molecule has 19 heavy (non-hydrogen) atoms. The van der Waals surface area contributed by atoms with Crippen LogP contribution in [0.25, 0.3) is 10.9 Å². The number of benzene rings is 1. The van der Waals surface area contributed by atoms with Gasteiger partial charge in [0.1, 0.15) is 11.6 Å². The van der Waals surface area contributed by atoms with Crippen LogP contribution in [0.3, 0.4) is 0 Å². The van der Waals surface area contributed by atoms with Crippen LogP contribution in [0.15, 0.2) is 24.3 Å². The summed E-state index contributed by atoms with van der Waals surface area (Å²) in [5.41, 5.74) is 1.85. The largest absolute Gasteiger partial charge is 0.494 e. The van der Waals surface area contributed by atoms with Crippen LogP contribution in [0.2, 0.25) is 0 Å². The highest BCUT2D eigenvalue weighted by Gasteiger charge is 2.09. The van der Waals surface area contributed by atoms with Gasteiger partial charge < -0.3 is 9.64 Å². The van der Waals surface area contributed by atoms with Crippen molar-refractivity contribution in [3.63, 3.8) is 0 Å². The third-order valence-corrected chi connectivity index (χ3v) is 2.85. The molecule has 0 radical (unpaired) electrons. The fraction of sp³-hybridized carbons (Fsp3) is 0.333. The van der Waals surface area contributed by atoms with E-state index in [1.165, 1.54) is 0 Å². The Morgan fingerprint density at radius 3 is 2.74 bits per heavy atom. The lowest BCUT2D eigenvalue weighted by molar-refractivity contribution is 0.340. The van der Waals surface area contributed by atoms with E-state index in [0.29, 0.717) is 13.0 Å². The van der Waals surface area contributed by atoms with Gasteiger partial charge >= 0.3 is 0 Å². The zero-order chi connectivity index (χ0) is 13.8. The molecule has 98 valence electrons. The Morgan fingerprint density at radius 2 is 2.11 bits per heavy atom. The van der Waals surface area contributed by atoms with Crippen molar-refractivity contribution < 1.29 is 4.74 Å². The molecule has 0 N–H and O–H groups in total. The summed E-state index contributed by atoms with van der Waals surface area (Å²) in [5, 5.41) is 9.92. The minimum absolute atomic E-state index is 0.356. The first-order chi connectivity index (χ1) is 9.15. The predicted molar refractivity (Wildman–Crippen MR) is 76.6 cm³/mol. The van der Waals surface area contributed by atoms with Gasteiger partial charge in [0.05, 0.1) is 24.6 Å². The maximum absolute atomic E-state index is 8.92. The Hall–Kier alpha value is -2.28. The average Bonchev–Trinajstić information content (AvgIpc) is 2.38. The fourth-order valence-electron chi connectivity index (χ4n) is 2.05. The Balaban J connectivity index is 2.57. The smallest absolute Gasteiger partial charge is 0.133 e. The van der Waals surface area contributed by atoms with E-state index in [9.17, 15) is 0 Å². The summed E-state index contributed by atoms with van der Waals surface area (Å²) in [6.07, 6.45) is 0.356. The predicted octanol–water partition coefficient (Wildman–Crippen LogP) is 2.77. The van der Waals surface area contributed by atoms with Gasteiger partial charge in [-0.05, 0) is 31.2 Å². The molecule has 0 spiro atoms. The average molecular weight is 255 g/mol. The van der Waals surface area contributed by atoms with Crippen molar-refractivity contribution in [2.45, 2.75) is 13.3 Å². The van der Waals surface area contributed by atoms with Gasteiger partial charge in [-0.3, -0.25) is 0 Å². The van der Waals surface area contributed by atoms with Gasteiger partial charge in [0.2, 0.25) is 0 Å². The van der Waals surface area contributed by atoms with E-state index in [4.69, 9.17) is 10.00 Å². The first-order valence-electron chi connectivity index (χ1n) is 6.26. The minimum Gasteiger partial charge on any atom is -0.494 e. The van der Waals surface area contributed by atoms with Gasteiger partial charge in [0.15, 0.2) is 0 Å². The molecule has 4 nitrogen and oxygen atoms in total. The second-order valence-corrected chi connectivity index (χ2v) is 4.49. The molecule has 0 aliphatic carbocycles. The van der Waals surface area contributed by atoms with E-state index in [1.807, 2.05) is 50.2 Å². The normalized spacial score (nSPS) is 10.2. The minimum atomic E-state index is 0.356. The molecule has 0 aliphatic heterocycles. The number of nitrogens with zero attached hydrogens (tertiary/aromatic N) is 3. The summed E-state index contributed by atoms with van der Waals surface area (Å²) in [6, 6.07) is 10.0. The van der Waals surface area contributed by atoms with Crippen LogP contribution in [-0.4, -0.2) is 25.7 Å². The number of hydrogen-bond acceptors (Lipinski definition) is 4. The lowest BCUT2D eigenvalue weighted by atomic mass is 10.1. The monoisotopic (exact) mass is 255 g/mol. The number of nitriles is 1. The van der Waals surface area contributed by atoms with Crippen LogP contribution in [0.1, 0.15) is 12.5 Å². The molecule has 0 saturated carbocycles. The summed E-state index contributed by atoms with van der Waals surface area (Å²) in [5.74, 6) is 1.68. The molecule has 0 fully saturated rings. The summed E-state index contributed by atoms with van der Waals surface area (Å²) in [7, 11) is 3.87. The molecule has 1 aromatic carbocycles. The summed E-state index contributed by atoms with van der Waals surface area (Å²) < 4.78 is 5.49. The topological polar surface area (TPSA) is 49.1 Å². The molecular formula is C15H17N3O. The number of pyridine rings is 1. The van der Waals surface area contributed by atoms with Gasteiger partial charge in [0, 0.05) is 25.0 Å². The van der Waals surface area contributed by atoms with Gasteiger partial charge in [-0.15, -0.1) is 0 Å². The SMILES string of the molecule is CCOc1ccc2nc(N(C)C)c(CC#N)cc2c1. The van der Waals surface area contributed by atoms with Crippen molar-refractivity contribution in [2.75, 3.05) is 25.6 Å². The zero-order valence-electron chi connectivity index (χ0n) is 11.5. The number of aromatic nitrogens is 1. The molecule has 2 rings (SSSR count). The van der Waals surface area contributed by atoms with Crippen molar-refractivity contribution >= 4 is 16.7 Å². The van der Waals surface area contributed by atoms with Crippen molar-refractivity contribution in [1.29, 1.82) is 5.26 Å². The lowest BCUT2D eigenvalue weighted by Crippen LogP contribution is -2.13. The second-order valence-electron chi connectivity index (χ2n) is 4.49. The van der Waals surface area contributed by atoms with Crippen LogP contribution < -0.4 is 9.64 Å². The molecule has 0 unspecified atom stereocenters. The van der Waals surface area contributed by atoms with Gasteiger partial charge in [0.25, 0.3) is 0 Å². The number of fused-ring (bicyclic) bond motifs is 1. The first-order valence-corrected chi connectivity index (χ1v) is 6.26. The molecule has 4 heteroatoms. The Labute approximate surface area is 113 Å². The van der Waals surface area contributed by atoms with E-state index in [-0.39, 0.29) is 0 Å². The van der Waals surface area contributed by atoms with Gasteiger partial charge in [-0.1, -0.05) is 0 Å². The fourth-order valence-corrected chi connectivity index (χ4v) is 2.05. The van der Waals surface area contributed by atoms with Crippen LogP contribution >= 0.6 is 0 Å². The lowest BCUT2D eigenvalue weighted by Gasteiger charge is -2.16. The third kappa shape index (κ3) is 2.76. The molecule has 0 atom stereocenters. The van der Waals surface area contributed by atoms with E-state index in [2.05, 4.69) is 11.1 Å². The van der Waals surface area contributed by atoms with Crippen molar-refractivity contribution in [3.05, 3.63) is 29.8 Å². The Bertz CT molecular complexity index is 629. The quantitative estimate of drug-likeness (QED) is 0.843. The van der Waals surface area contributed by atoms with Gasteiger partial charge in [-0.25, -0.2) is 4.98 Å². The molecule has 1 aromatic heterocycles. The summed E-state index contributed by atoms with van der Waals surface area (Å²) >= 11 is 0. The number of rotatable bonds is 4. The molecule has 2 aromatic rings. The van der Waals surface area contributed by atoms with Crippen LogP contribution in [0.5, 0.6) is 5.75 Å². The number of anilines is 1. The van der Waals surface area contributed by atoms with Crippen LogP contribution in [0, 0.1) is 11.3 Å². The van der Waals surface area contributed by atoms with E-state index < -0.39 is 0 Å². The number of hydrogen-bond donors (Lipinski definition) is 0. The van der Waals surface area contributed by atoms with Gasteiger partial charge in [-0.2, -0.15) is 5.26 Å². The molecule has 0 aliphatic rings. The molecular weight excluding hydrogens is 238 g/mol.